The van der Waals surface area contributed by atoms with Crippen molar-refractivity contribution in [3.8, 4) is 28.3 Å². The van der Waals surface area contributed by atoms with Gasteiger partial charge in [-0.2, -0.15) is 0 Å². The molecule has 10 heteroatoms. The monoisotopic (exact) mass is 619 g/mol. The first-order valence-corrected chi connectivity index (χ1v) is 15.7. The van der Waals surface area contributed by atoms with E-state index in [-0.39, 0.29) is 31.1 Å². The van der Waals surface area contributed by atoms with Gasteiger partial charge in [0.15, 0.2) is 0 Å². The molecule has 0 unspecified atom stereocenters. The van der Waals surface area contributed by atoms with Crippen LogP contribution < -0.4 is 9.64 Å². The number of aromatic amines is 1. The molecule has 234 valence electrons. The summed E-state index contributed by atoms with van der Waals surface area (Å²) in [6, 6.07) is 16.7. The number of fused-ring (bicyclic) bond motifs is 2. The second kappa shape index (κ2) is 11.0. The topological polar surface area (TPSA) is 115 Å². The number of hydrogen-bond acceptors (Lipinski definition) is 7. The first-order chi connectivity index (χ1) is 22.3. The second-order valence-corrected chi connectivity index (χ2v) is 12.9. The number of ether oxygens (including phenoxy) is 1. The summed E-state index contributed by atoms with van der Waals surface area (Å²) in [4.78, 5) is 30.2. The average Bonchev–Trinajstić information content (AvgIpc) is 3.82. The third kappa shape index (κ3) is 5.12. The molecular weight excluding hydrogens is 585 g/mol. The maximum absolute atomic E-state index is 15.4. The minimum atomic E-state index is -0.613. The Hall–Kier alpha value is -4.64. The molecule has 46 heavy (non-hydrogen) atoms. The van der Waals surface area contributed by atoms with Gasteiger partial charge in [-0.1, -0.05) is 18.2 Å². The maximum Gasteiger partial charge on any atom is 0.265 e. The average molecular weight is 620 g/mol. The van der Waals surface area contributed by atoms with Crippen molar-refractivity contribution < 1.29 is 24.1 Å². The number of halogens is 1. The molecule has 1 aliphatic carbocycles. The molecule has 2 aliphatic heterocycles. The summed E-state index contributed by atoms with van der Waals surface area (Å²) in [6.45, 7) is 3.95. The zero-order valence-corrected chi connectivity index (χ0v) is 25.5. The van der Waals surface area contributed by atoms with Crippen molar-refractivity contribution in [2.24, 2.45) is 0 Å². The van der Waals surface area contributed by atoms with E-state index in [1.165, 1.54) is 11.0 Å². The third-order valence-electron chi connectivity index (χ3n) is 9.21. The summed E-state index contributed by atoms with van der Waals surface area (Å²) in [5, 5.41) is 21.6. The van der Waals surface area contributed by atoms with Gasteiger partial charge in [-0.3, -0.25) is 14.7 Å². The minimum absolute atomic E-state index is 0.0759. The molecule has 3 aromatic heterocycles. The molecular formula is C36H34FN5O4. The third-order valence-corrected chi connectivity index (χ3v) is 9.21. The Labute approximate surface area is 265 Å². The smallest absolute Gasteiger partial charge is 0.265 e. The number of likely N-dealkylation sites (tertiary alicyclic amines) is 1. The number of amides is 1. The lowest BCUT2D eigenvalue weighted by Gasteiger charge is -2.44. The Morgan fingerprint density at radius 1 is 1.09 bits per heavy atom. The fourth-order valence-corrected chi connectivity index (χ4v) is 6.90. The van der Waals surface area contributed by atoms with Crippen molar-refractivity contribution in [2.75, 3.05) is 31.1 Å². The van der Waals surface area contributed by atoms with Crippen molar-refractivity contribution >= 4 is 22.6 Å². The van der Waals surface area contributed by atoms with Crippen LogP contribution >= 0.6 is 0 Å². The summed E-state index contributed by atoms with van der Waals surface area (Å²) in [7, 11) is 0. The molecule has 0 spiro atoms. The van der Waals surface area contributed by atoms with E-state index in [1.807, 2.05) is 49.5 Å². The Balaban J connectivity index is 1.12. The van der Waals surface area contributed by atoms with Gasteiger partial charge in [-0.05, 0) is 84.3 Å². The number of nitrogens with zero attached hydrogens (tertiary/aromatic N) is 4. The quantitative estimate of drug-likeness (QED) is 0.223. The van der Waals surface area contributed by atoms with E-state index in [2.05, 4.69) is 19.9 Å². The van der Waals surface area contributed by atoms with Crippen LogP contribution in [0.1, 0.15) is 52.7 Å². The van der Waals surface area contributed by atoms with Gasteiger partial charge in [0.1, 0.15) is 29.4 Å². The number of hydrogen-bond donors (Lipinski definition) is 3. The van der Waals surface area contributed by atoms with E-state index in [0.717, 1.165) is 58.4 Å². The number of aliphatic hydroxyl groups is 2. The minimum Gasteiger partial charge on any atom is -0.491 e. The zero-order chi connectivity index (χ0) is 31.6. The molecule has 5 heterocycles. The lowest BCUT2D eigenvalue weighted by atomic mass is 9.96. The molecule has 8 rings (SSSR count). The number of β-amino-alcohol motifs (C(OH)–C–C–N with tert-alkyl or cyclic N) is 1. The highest BCUT2D eigenvalue weighted by atomic mass is 19.1. The van der Waals surface area contributed by atoms with Gasteiger partial charge in [-0.25, -0.2) is 9.37 Å². The van der Waals surface area contributed by atoms with E-state index in [1.54, 1.807) is 18.3 Å². The SMILES string of the molecule is CC1(O)CN(Cc2ccc(-c3cc4c(-c5cccc(N6CCOc7cc(C8CC8)cc(F)c7C6=O)c5CO)ccnc4[nH]3)nc2)C1. The number of carbonyl (C=O) groups is 1. The van der Waals surface area contributed by atoms with Crippen LogP contribution in [0.15, 0.2) is 67.0 Å². The van der Waals surface area contributed by atoms with Crippen LogP contribution in [0.3, 0.4) is 0 Å². The van der Waals surface area contributed by atoms with Gasteiger partial charge in [0, 0.05) is 43.0 Å². The zero-order valence-electron chi connectivity index (χ0n) is 25.5. The van der Waals surface area contributed by atoms with Gasteiger partial charge >= 0.3 is 0 Å². The fourth-order valence-electron chi connectivity index (χ4n) is 6.90. The highest BCUT2D eigenvalue weighted by Gasteiger charge is 2.36. The molecule has 1 saturated heterocycles. The van der Waals surface area contributed by atoms with E-state index >= 15 is 4.39 Å². The lowest BCUT2D eigenvalue weighted by molar-refractivity contribution is -0.0871. The summed E-state index contributed by atoms with van der Waals surface area (Å²) in [6.07, 6.45) is 5.59. The predicted octanol–water partition coefficient (Wildman–Crippen LogP) is 5.41. The number of aromatic nitrogens is 3. The molecule has 5 aromatic rings. The van der Waals surface area contributed by atoms with Gasteiger partial charge in [0.2, 0.25) is 0 Å². The van der Waals surface area contributed by atoms with Crippen LogP contribution in [0.5, 0.6) is 5.75 Å². The van der Waals surface area contributed by atoms with Crippen molar-refractivity contribution in [2.45, 2.75) is 44.4 Å². The standard InChI is InChI=1S/C36H34FN5O4/c1-36(45)19-41(20-36)17-21-5-8-29(39-16-21)30-15-26-25(9-10-38-34(26)40-30)24-3-2-4-31(27(24)18-43)42-11-12-46-32-14-23(22-6-7-22)13-28(37)33(32)35(42)44/h2-5,8-10,13-16,22,43,45H,6-7,11-12,17-20H2,1H3,(H,38,40). The number of carbonyl (C=O) groups excluding carboxylic acids is 1. The largest absolute Gasteiger partial charge is 0.491 e. The summed E-state index contributed by atoms with van der Waals surface area (Å²) in [5.41, 5.74) is 6.11. The van der Waals surface area contributed by atoms with Gasteiger partial charge in [-0.15, -0.1) is 0 Å². The van der Waals surface area contributed by atoms with Crippen molar-refractivity contribution in [1.82, 2.24) is 19.9 Å². The van der Waals surface area contributed by atoms with Crippen molar-refractivity contribution in [3.63, 3.8) is 0 Å². The second-order valence-electron chi connectivity index (χ2n) is 12.9. The first-order valence-electron chi connectivity index (χ1n) is 15.7. The maximum atomic E-state index is 15.4. The fraction of sp³-hybridized carbons (Fsp3) is 0.306. The molecule has 2 fully saturated rings. The molecule has 9 nitrogen and oxygen atoms in total. The number of nitrogens with one attached hydrogen (secondary N) is 1. The van der Waals surface area contributed by atoms with Crippen LogP contribution in [0.4, 0.5) is 10.1 Å². The van der Waals surface area contributed by atoms with E-state index in [4.69, 9.17) is 4.74 Å². The summed E-state index contributed by atoms with van der Waals surface area (Å²) in [5.74, 6) is -0.463. The van der Waals surface area contributed by atoms with Crippen LogP contribution in [-0.4, -0.2) is 67.8 Å². The normalized spacial score (nSPS) is 17.8. The number of anilines is 1. The Morgan fingerprint density at radius 3 is 2.67 bits per heavy atom. The Bertz CT molecular complexity index is 1980. The number of pyridine rings is 2. The lowest BCUT2D eigenvalue weighted by Crippen LogP contribution is -2.59. The van der Waals surface area contributed by atoms with E-state index in [9.17, 15) is 15.0 Å². The van der Waals surface area contributed by atoms with Crippen LogP contribution in [0.25, 0.3) is 33.5 Å². The number of benzene rings is 2. The molecule has 2 aromatic carbocycles. The molecule has 1 saturated carbocycles. The van der Waals surface area contributed by atoms with E-state index in [0.29, 0.717) is 35.9 Å². The number of H-pyrrole nitrogens is 1. The molecule has 3 aliphatic rings. The molecule has 0 radical (unpaired) electrons. The van der Waals surface area contributed by atoms with Gasteiger partial charge in [0.05, 0.1) is 35.8 Å². The van der Waals surface area contributed by atoms with Crippen LogP contribution in [0.2, 0.25) is 0 Å². The number of rotatable bonds is 7. The highest BCUT2D eigenvalue weighted by molar-refractivity contribution is 6.09. The predicted molar refractivity (Wildman–Crippen MR) is 172 cm³/mol. The highest BCUT2D eigenvalue weighted by Crippen LogP contribution is 2.44. The molecule has 0 bridgehead atoms. The number of aliphatic hydroxyl groups excluding tert-OH is 1. The molecule has 0 atom stereocenters. The Kier molecular flexibility index (Phi) is 6.89. The molecule has 1 amide bonds. The summed E-state index contributed by atoms with van der Waals surface area (Å²) >= 11 is 0. The van der Waals surface area contributed by atoms with Gasteiger partial charge in [0.25, 0.3) is 5.91 Å². The van der Waals surface area contributed by atoms with Crippen LogP contribution in [0, 0.1) is 5.82 Å². The van der Waals surface area contributed by atoms with Gasteiger partial charge < -0.3 is 24.8 Å². The summed E-state index contributed by atoms with van der Waals surface area (Å²) < 4.78 is 21.3. The molecule has 3 N–H and O–H groups in total. The Morgan fingerprint density at radius 2 is 1.93 bits per heavy atom. The van der Waals surface area contributed by atoms with E-state index < -0.39 is 17.3 Å². The first kappa shape index (κ1) is 28.8. The van der Waals surface area contributed by atoms with Crippen molar-refractivity contribution in [1.29, 1.82) is 0 Å². The van der Waals surface area contributed by atoms with Crippen LogP contribution in [-0.2, 0) is 13.2 Å². The van der Waals surface area contributed by atoms with Crippen molar-refractivity contribution in [3.05, 3.63) is 95.1 Å².